The minimum atomic E-state index is -0.981. The van der Waals surface area contributed by atoms with Gasteiger partial charge in [0.15, 0.2) is 0 Å². The molecule has 0 radical (unpaired) electrons. The van der Waals surface area contributed by atoms with Gasteiger partial charge in [0, 0.05) is 24.6 Å². The molecule has 1 fully saturated rings. The molecule has 0 spiro atoms. The number of likely N-dealkylation sites (tertiary alicyclic amines) is 1. The summed E-state index contributed by atoms with van der Waals surface area (Å²) >= 11 is 4.11. The maximum Gasteiger partial charge on any atom is 0.326 e. The van der Waals surface area contributed by atoms with Gasteiger partial charge in [0.1, 0.15) is 6.04 Å². The monoisotopic (exact) mass is 323 g/mol. The fourth-order valence-corrected chi connectivity index (χ4v) is 2.70. The number of benzene rings is 1. The molecule has 22 heavy (non-hydrogen) atoms. The van der Waals surface area contributed by atoms with Gasteiger partial charge in [-0.3, -0.25) is 4.79 Å². The van der Waals surface area contributed by atoms with Crippen LogP contribution in [0, 0.1) is 5.92 Å². The maximum absolute atomic E-state index is 12.3. The van der Waals surface area contributed by atoms with E-state index in [4.69, 9.17) is 4.74 Å². The highest BCUT2D eigenvalue weighted by Gasteiger charge is 2.41. The first-order valence-corrected chi connectivity index (χ1v) is 7.95. The molecule has 1 aliphatic rings. The highest BCUT2D eigenvalue weighted by molar-refractivity contribution is 7.80. The van der Waals surface area contributed by atoms with Crippen molar-refractivity contribution in [3.05, 3.63) is 35.9 Å². The highest BCUT2D eigenvalue weighted by Crippen LogP contribution is 2.24. The average Bonchev–Trinajstić information content (AvgIpc) is 2.97. The third-order valence-corrected chi connectivity index (χ3v) is 4.40. The van der Waals surface area contributed by atoms with Gasteiger partial charge in [-0.15, -0.1) is 0 Å². The van der Waals surface area contributed by atoms with Gasteiger partial charge >= 0.3 is 5.97 Å². The zero-order valence-corrected chi connectivity index (χ0v) is 13.4. The third-order valence-electron chi connectivity index (χ3n) is 3.85. The quantitative estimate of drug-likeness (QED) is 0.784. The molecule has 3 atom stereocenters. The Kier molecular flexibility index (Phi) is 5.85. The molecular weight excluding hydrogens is 302 g/mol. The lowest BCUT2D eigenvalue weighted by atomic mass is 10.1. The predicted octanol–water partition coefficient (Wildman–Crippen LogP) is 1.82. The van der Waals surface area contributed by atoms with E-state index in [1.165, 1.54) is 4.90 Å². The molecule has 1 heterocycles. The van der Waals surface area contributed by atoms with E-state index in [0.717, 1.165) is 5.56 Å². The molecule has 1 aliphatic heterocycles. The summed E-state index contributed by atoms with van der Waals surface area (Å²) in [5.41, 5.74) is 1.03. The number of carboxylic acids is 1. The molecule has 2 rings (SSSR count). The number of amides is 1. The minimum absolute atomic E-state index is 0.173. The standard InChI is InChI=1S/C16H21NO4S/c1-11(10-22)15(18)17-8-13(7-14(17)16(19)20)21-9-12-5-3-2-4-6-12/h2-6,11,13-14,22H,7-10H2,1H3,(H,19,20)/t11?,13-,14+/m1/s1. The third kappa shape index (κ3) is 4.01. The summed E-state index contributed by atoms with van der Waals surface area (Å²) in [6.45, 7) is 2.50. The summed E-state index contributed by atoms with van der Waals surface area (Å²) in [7, 11) is 0. The van der Waals surface area contributed by atoms with E-state index in [9.17, 15) is 14.7 Å². The molecule has 1 saturated heterocycles. The van der Waals surface area contributed by atoms with Gasteiger partial charge in [-0.1, -0.05) is 37.3 Å². The van der Waals surface area contributed by atoms with Crippen molar-refractivity contribution < 1.29 is 19.4 Å². The van der Waals surface area contributed by atoms with Crippen molar-refractivity contribution in [2.75, 3.05) is 12.3 Å². The summed E-state index contributed by atoms with van der Waals surface area (Å²) in [4.78, 5) is 25.1. The van der Waals surface area contributed by atoms with Crippen molar-refractivity contribution in [2.45, 2.75) is 32.1 Å². The van der Waals surface area contributed by atoms with Crippen LogP contribution in [0.4, 0.5) is 0 Å². The fourth-order valence-electron chi connectivity index (χ4n) is 2.55. The summed E-state index contributed by atoms with van der Waals surface area (Å²) < 4.78 is 5.79. The molecule has 0 bridgehead atoms. The van der Waals surface area contributed by atoms with Gasteiger partial charge in [-0.2, -0.15) is 12.6 Å². The number of carbonyl (C=O) groups excluding carboxylic acids is 1. The largest absolute Gasteiger partial charge is 0.480 e. The molecule has 1 N–H and O–H groups in total. The second-order valence-electron chi connectivity index (χ2n) is 5.58. The molecule has 0 aromatic heterocycles. The Balaban J connectivity index is 1.98. The SMILES string of the molecule is CC(CS)C(=O)N1C[C@H](OCc2ccccc2)C[C@H]1C(=O)O. The van der Waals surface area contributed by atoms with E-state index < -0.39 is 12.0 Å². The summed E-state index contributed by atoms with van der Waals surface area (Å²) in [5, 5.41) is 9.32. The van der Waals surface area contributed by atoms with E-state index in [0.29, 0.717) is 25.3 Å². The lowest BCUT2D eigenvalue weighted by Crippen LogP contribution is -2.43. The predicted molar refractivity (Wildman–Crippen MR) is 85.8 cm³/mol. The summed E-state index contributed by atoms with van der Waals surface area (Å²) in [6, 6.07) is 8.88. The van der Waals surface area contributed by atoms with Gasteiger partial charge in [-0.05, 0) is 5.56 Å². The number of ether oxygens (including phenoxy) is 1. The molecule has 5 nitrogen and oxygen atoms in total. The Hall–Kier alpha value is -1.53. The number of carbonyl (C=O) groups is 2. The lowest BCUT2D eigenvalue weighted by Gasteiger charge is -2.24. The Morgan fingerprint density at radius 3 is 2.68 bits per heavy atom. The van der Waals surface area contributed by atoms with E-state index in [1.807, 2.05) is 30.3 Å². The van der Waals surface area contributed by atoms with Crippen molar-refractivity contribution in [1.29, 1.82) is 0 Å². The number of nitrogens with zero attached hydrogens (tertiary/aromatic N) is 1. The van der Waals surface area contributed by atoms with Gasteiger partial charge in [-0.25, -0.2) is 4.79 Å². The number of hydrogen-bond acceptors (Lipinski definition) is 4. The van der Waals surface area contributed by atoms with Crippen molar-refractivity contribution >= 4 is 24.5 Å². The van der Waals surface area contributed by atoms with Crippen LogP contribution in [0.1, 0.15) is 18.9 Å². The van der Waals surface area contributed by atoms with Gasteiger partial charge in [0.2, 0.25) is 5.91 Å². The second-order valence-corrected chi connectivity index (χ2v) is 5.95. The van der Waals surface area contributed by atoms with Gasteiger partial charge < -0.3 is 14.7 Å². The molecule has 1 amide bonds. The normalized spacial score (nSPS) is 22.5. The number of rotatable bonds is 6. The maximum atomic E-state index is 12.3. The van der Waals surface area contributed by atoms with Crippen LogP contribution in [-0.2, 0) is 20.9 Å². The van der Waals surface area contributed by atoms with Crippen LogP contribution in [0.5, 0.6) is 0 Å². The smallest absolute Gasteiger partial charge is 0.326 e. The van der Waals surface area contributed by atoms with Gasteiger partial charge in [0.05, 0.1) is 12.7 Å². The Labute approximate surface area is 135 Å². The van der Waals surface area contributed by atoms with Crippen LogP contribution in [0.3, 0.4) is 0 Å². The van der Waals surface area contributed by atoms with E-state index in [1.54, 1.807) is 6.92 Å². The zero-order chi connectivity index (χ0) is 16.1. The average molecular weight is 323 g/mol. The second kappa shape index (κ2) is 7.65. The van der Waals surface area contributed by atoms with Crippen molar-refractivity contribution in [1.82, 2.24) is 4.90 Å². The van der Waals surface area contributed by atoms with Crippen LogP contribution in [0.2, 0.25) is 0 Å². The first-order chi connectivity index (χ1) is 10.5. The first-order valence-electron chi connectivity index (χ1n) is 7.32. The fraction of sp³-hybridized carbons (Fsp3) is 0.500. The zero-order valence-electron chi connectivity index (χ0n) is 12.5. The molecule has 1 aromatic carbocycles. The van der Waals surface area contributed by atoms with Crippen molar-refractivity contribution in [3.63, 3.8) is 0 Å². The van der Waals surface area contributed by atoms with Crippen molar-refractivity contribution in [3.8, 4) is 0 Å². The topological polar surface area (TPSA) is 66.8 Å². The number of aliphatic carboxylic acids is 1. The molecule has 0 saturated carbocycles. The molecule has 6 heteroatoms. The Morgan fingerprint density at radius 2 is 2.09 bits per heavy atom. The summed E-state index contributed by atoms with van der Waals surface area (Å²) in [6.07, 6.45) is 0.0742. The summed E-state index contributed by atoms with van der Waals surface area (Å²) in [5.74, 6) is -1.05. The molecule has 0 aliphatic carbocycles. The van der Waals surface area contributed by atoms with Crippen LogP contribution in [0.25, 0.3) is 0 Å². The van der Waals surface area contributed by atoms with Crippen LogP contribution < -0.4 is 0 Å². The van der Waals surface area contributed by atoms with Crippen LogP contribution in [-0.4, -0.2) is 46.3 Å². The van der Waals surface area contributed by atoms with E-state index >= 15 is 0 Å². The number of thiol groups is 1. The Morgan fingerprint density at radius 1 is 1.41 bits per heavy atom. The van der Waals surface area contributed by atoms with Gasteiger partial charge in [0.25, 0.3) is 0 Å². The Bertz CT molecular complexity index is 522. The minimum Gasteiger partial charge on any atom is -0.480 e. The highest BCUT2D eigenvalue weighted by atomic mass is 32.1. The lowest BCUT2D eigenvalue weighted by molar-refractivity contribution is -0.149. The molecule has 120 valence electrons. The molecule has 1 aromatic rings. The van der Waals surface area contributed by atoms with E-state index in [-0.39, 0.29) is 17.9 Å². The number of carboxylic acid groups (broad SMARTS) is 1. The van der Waals surface area contributed by atoms with Crippen LogP contribution >= 0.6 is 12.6 Å². The van der Waals surface area contributed by atoms with Crippen molar-refractivity contribution in [2.24, 2.45) is 5.92 Å². The van der Waals surface area contributed by atoms with E-state index in [2.05, 4.69) is 12.6 Å². The molecule has 1 unspecified atom stereocenters. The van der Waals surface area contributed by atoms with Crippen LogP contribution in [0.15, 0.2) is 30.3 Å². The number of hydrogen-bond donors (Lipinski definition) is 2. The first kappa shape index (κ1) is 16.8. The molecular formula is C16H21NO4S.